The van der Waals surface area contributed by atoms with Crippen LogP contribution in [0, 0.1) is 0 Å². The summed E-state index contributed by atoms with van der Waals surface area (Å²) in [7, 11) is -3.45. The van der Waals surface area contributed by atoms with Crippen LogP contribution in [0.25, 0.3) is 11.4 Å². The molecule has 1 amide bonds. The largest absolute Gasteiger partial charge is 0.351 e. The third-order valence-corrected chi connectivity index (χ3v) is 8.39. The molecule has 0 radical (unpaired) electrons. The molecule has 1 N–H and O–H groups in total. The van der Waals surface area contributed by atoms with E-state index in [1.54, 1.807) is 24.3 Å². The fraction of sp³-hybridized carbons (Fsp3) is 0.348. The summed E-state index contributed by atoms with van der Waals surface area (Å²) in [6.07, 6.45) is 1.81. The maximum Gasteiger partial charge on any atom is 0.243 e. The number of aromatic nitrogens is 3. The van der Waals surface area contributed by atoms with Crippen molar-refractivity contribution in [3.8, 4) is 11.4 Å². The highest BCUT2D eigenvalue weighted by atomic mass is 32.2. The topological polar surface area (TPSA) is 97.2 Å². The fourth-order valence-corrected chi connectivity index (χ4v) is 6.07. The van der Waals surface area contributed by atoms with Gasteiger partial charge in [0, 0.05) is 31.7 Å². The minimum absolute atomic E-state index is 0.0764. The number of hydrogen-bond acceptors (Lipinski definition) is 6. The van der Waals surface area contributed by atoms with Crippen LogP contribution in [-0.2, 0) is 27.9 Å². The second kappa shape index (κ2) is 10.5. The van der Waals surface area contributed by atoms with Crippen LogP contribution in [0.2, 0.25) is 0 Å². The van der Waals surface area contributed by atoms with Crippen molar-refractivity contribution in [1.29, 1.82) is 0 Å². The van der Waals surface area contributed by atoms with E-state index >= 15 is 0 Å². The van der Waals surface area contributed by atoms with Crippen molar-refractivity contribution >= 4 is 27.7 Å². The zero-order chi connectivity index (χ0) is 23.3. The summed E-state index contributed by atoms with van der Waals surface area (Å²) in [6.45, 7) is 4.25. The summed E-state index contributed by atoms with van der Waals surface area (Å²) in [5.41, 5.74) is 1.83. The summed E-state index contributed by atoms with van der Waals surface area (Å²) in [6, 6.07) is 16.5. The van der Waals surface area contributed by atoms with E-state index in [4.69, 9.17) is 0 Å². The lowest BCUT2D eigenvalue weighted by molar-refractivity contribution is -0.118. The Balaban J connectivity index is 1.41. The SMILES string of the molecule is CCn1c(SCC(=O)NCc2ccccc2)nnc1-c1ccc(S(=O)(=O)N2CCCC2)cc1. The fourth-order valence-electron chi connectivity index (χ4n) is 3.73. The number of nitrogens with zero attached hydrogens (tertiary/aromatic N) is 4. The number of sulfonamides is 1. The molecule has 0 spiro atoms. The average molecular weight is 486 g/mol. The number of carbonyl (C=O) groups excluding carboxylic acids is 1. The molecule has 3 aromatic rings. The van der Waals surface area contributed by atoms with Gasteiger partial charge in [0.25, 0.3) is 0 Å². The number of thioether (sulfide) groups is 1. The minimum atomic E-state index is -3.45. The van der Waals surface area contributed by atoms with E-state index in [0.29, 0.717) is 42.1 Å². The van der Waals surface area contributed by atoms with E-state index in [2.05, 4.69) is 15.5 Å². The maximum atomic E-state index is 12.8. The van der Waals surface area contributed by atoms with Crippen LogP contribution >= 0.6 is 11.8 Å². The summed E-state index contributed by atoms with van der Waals surface area (Å²) < 4.78 is 29.0. The summed E-state index contributed by atoms with van der Waals surface area (Å²) in [4.78, 5) is 12.5. The van der Waals surface area contributed by atoms with Crippen LogP contribution in [-0.4, -0.2) is 52.2 Å². The van der Waals surface area contributed by atoms with Crippen LogP contribution in [0.4, 0.5) is 0 Å². The molecule has 4 rings (SSSR count). The molecule has 33 heavy (non-hydrogen) atoms. The van der Waals surface area contributed by atoms with Gasteiger partial charge in [0.2, 0.25) is 15.9 Å². The van der Waals surface area contributed by atoms with E-state index in [-0.39, 0.29) is 11.7 Å². The van der Waals surface area contributed by atoms with Crippen LogP contribution in [0.5, 0.6) is 0 Å². The molecule has 1 saturated heterocycles. The van der Waals surface area contributed by atoms with E-state index in [1.807, 2.05) is 41.8 Å². The van der Waals surface area contributed by atoms with E-state index < -0.39 is 10.0 Å². The average Bonchev–Trinajstić information content (AvgIpc) is 3.53. The van der Waals surface area contributed by atoms with Crippen LogP contribution in [0.3, 0.4) is 0 Å². The normalized spacial score (nSPS) is 14.5. The van der Waals surface area contributed by atoms with Gasteiger partial charge in [0.05, 0.1) is 10.6 Å². The van der Waals surface area contributed by atoms with Crippen LogP contribution in [0.15, 0.2) is 64.6 Å². The molecule has 0 unspecified atom stereocenters. The highest BCUT2D eigenvalue weighted by molar-refractivity contribution is 7.99. The second-order valence-electron chi connectivity index (χ2n) is 7.74. The van der Waals surface area contributed by atoms with Crippen molar-refractivity contribution < 1.29 is 13.2 Å². The Hall–Kier alpha value is -2.69. The zero-order valence-corrected chi connectivity index (χ0v) is 20.1. The highest BCUT2D eigenvalue weighted by Gasteiger charge is 2.27. The number of rotatable bonds is 9. The highest BCUT2D eigenvalue weighted by Crippen LogP contribution is 2.27. The Morgan fingerprint density at radius 1 is 1.03 bits per heavy atom. The lowest BCUT2D eigenvalue weighted by atomic mass is 10.2. The van der Waals surface area contributed by atoms with Crippen molar-refractivity contribution in [2.24, 2.45) is 0 Å². The molecule has 1 aromatic heterocycles. The van der Waals surface area contributed by atoms with Gasteiger partial charge < -0.3 is 9.88 Å². The molecule has 8 nitrogen and oxygen atoms in total. The van der Waals surface area contributed by atoms with Crippen LogP contribution in [0.1, 0.15) is 25.3 Å². The van der Waals surface area contributed by atoms with E-state index in [1.165, 1.54) is 16.1 Å². The first kappa shape index (κ1) is 23.5. The molecule has 1 aliphatic heterocycles. The third-order valence-electron chi connectivity index (χ3n) is 5.51. The Kier molecular flexibility index (Phi) is 7.46. The quantitative estimate of drug-likeness (QED) is 0.468. The van der Waals surface area contributed by atoms with Gasteiger partial charge >= 0.3 is 0 Å². The Bertz CT molecular complexity index is 1190. The number of benzene rings is 2. The summed E-state index contributed by atoms with van der Waals surface area (Å²) in [5.74, 6) is 0.806. The molecule has 1 aliphatic rings. The molecule has 1 fully saturated rings. The smallest absolute Gasteiger partial charge is 0.243 e. The molecule has 0 bridgehead atoms. The zero-order valence-electron chi connectivity index (χ0n) is 18.5. The van der Waals surface area contributed by atoms with Gasteiger partial charge in [-0.05, 0) is 49.6 Å². The monoisotopic (exact) mass is 485 g/mol. The predicted octanol–water partition coefficient (Wildman–Crippen LogP) is 3.16. The number of carbonyl (C=O) groups is 1. The molecule has 0 saturated carbocycles. The van der Waals surface area contributed by atoms with Gasteiger partial charge in [-0.2, -0.15) is 4.31 Å². The maximum absolute atomic E-state index is 12.8. The van der Waals surface area contributed by atoms with Crippen molar-refractivity contribution in [2.75, 3.05) is 18.8 Å². The molecular formula is C23H27N5O3S2. The van der Waals surface area contributed by atoms with Gasteiger partial charge in [0.15, 0.2) is 11.0 Å². The number of nitrogens with one attached hydrogen (secondary N) is 1. The van der Waals surface area contributed by atoms with Crippen LogP contribution < -0.4 is 5.32 Å². The van der Waals surface area contributed by atoms with Gasteiger partial charge in [-0.15, -0.1) is 10.2 Å². The molecule has 174 valence electrons. The Morgan fingerprint density at radius 3 is 2.39 bits per heavy atom. The van der Waals surface area contributed by atoms with Gasteiger partial charge in [-0.25, -0.2) is 8.42 Å². The first-order valence-corrected chi connectivity index (χ1v) is 13.4. The van der Waals surface area contributed by atoms with E-state index in [9.17, 15) is 13.2 Å². The Morgan fingerprint density at radius 2 is 1.73 bits per heavy atom. The molecular weight excluding hydrogens is 458 g/mol. The standard InChI is InChI=1S/C23H27N5O3S2/c1-2-28-22(19-10-12-20(13-11-19)33(30,31)27-14-6-7-15-27)25-26-23(28)32-17-21(29)24-16-18-8-4-3-5-9-18/h3-5,8-13H,2,6-7,14-17H2,1H3,(H,24,29). The van der Waals surface area contributed by atoms with Crippen molar-refractivity contribution in [3.05, 3.63) is 60.2 Å². The predicted molar refractivity (Wildman–Crippen MR) is 128 cm³/mol. The first-order valence-electron chi connectivity index (χ1n) is 11.0. The molecule has 2 heterocycles. The lowest BCUT2D eigenvalue weighted by Gasteiger charge is -2.15. The Labute approximate surface area is 198 Å². The molecule has 0 aliphatic carbocycles. The minimum Gasteiger partial charge on any atom is -0.351 e. The summed E-state index contributed by atoms with van der Waals surface area (Å²) in [5, 5.41) is 12.1. The van der Waals surface area contributed by atoms with Gasteiger partial charge in [-0.1, -0.05) is 42.1 Å². The second-order valence-corrected chi connectivity index (χ2v) is 10.6. The lowest BCUT2D eigenvalue weighted by Crippen LogP contribution is -2.27. The number of hydrogen-bond donors (Lipinski definition) is 1. The molecule has 0 atom stereocenters. The summed E-state index contributed by atoms with van der Waals surface area (Å²) >= 11 is 1.33. The molecule has 10 heteroatoms. The van der Waals surface area contributed by atoms with Gasteiger partial charge in [-0.3, -0.25) is 4.79 Å². The van der Waals surface area contributed by atoms with Crippen molar-refractivity contribution in [3.63, 3.8) is 0 Å². The first-order chi connectivity index (χ1) is 16.0. The number of amides is 1. The van der Waals surface area contributed by atoms with Crippen molar-refractivity contribution in [2.45, 2.75) is 42.9 Å². The third kappa shape index (κ3) is 5.45. The van der Waals surface area contributed by atoms with E-state index in [0.717, 1.165) is 24.0 Å². The molecule has 2 aromatic carbocycles. The van der Waals surface area contributed by atoms with Gasteiger partial charge in [0.1, 0.15) is 0 Å². The van der Waals surface area contributed by atoms with Crippen molar-refractivity contribution in [1.82, 2.24) is 24.4 Å².